The van der Waals surface area contributed by atoms with Gasteiger partial charge in [0.25, 0.3) is 0 Å². The van der Waals surface area contributed by atoms with E-state index in [-0.39, 0.29) is 0 Å². The van der Waals surface area contributed by atoms with Crippen molar-refractivity contribution in [1.29, 1.82) is 0 Å². The normalized spacial score (nSPS) is 13.0. The van der Waals surface area contributed by atoms with Crippen LogP contribution in [0.4, 0.5) is 0 Å². The molecule has 0 aliphatic carbocycles. The largest absolute Gasteiger partial charge is 0.204 e. The predicted octanol–water partition coefficient (Wildman–Crippen LogP) is 5.32. The first-order chi connectivity index (χ1) is 11.9. The maximum Gasteiger partial charge on any atom is 0.185 e. The minimum absolute atomic E-state index is 0.645. The SMILES string of the molecule is c1ccc(C2=NC(=C(c3ccccc3)c3ccccc3)N=N2)cc1. The Balaban J connectivity index is 1.87. The van der Waals surface area contributed by atoms with Gasteiger partial charge < -0.3 is 0 Å². The number of rotatable bonds is 3. The number of aliphatic imine (C=N–C) groups is 1. The Morgan fingerprint density at radius 1 is 0.542 bits per heavy atom. The van der Waals surface area contributed by atoms with Gasteiger partial charge in [0.15, 0.2) is 11.7 Å². The van der Waals surface area contributed by atoms with Crippen molar-refractivity contribution in [1.82, 2.24) is 0 Å². The van der Waals surface area contributed by atoms with Crippen LogP contribution in [0.15, 0.2) is 112 Å². The molecule has 1 aliphatic heterocycles. The van der Waals surface area contributed by atoms with Gasteiger partial charge in [-0.15, -0.1) is 10.2 Å². The van der Waals surface area contributed by atoms with E-state index >= 15 is 0 Å². The van der Waals surface area contributed by atoms with Crippen LogP contribution in [0.1, 0.15) is 16.7 Å². The molecular formula is C21H15N3. The highest BCUT2D eigenvalue weighted by atomic mass is 15.3. The standard InChI is InChI=1S/C21H15N3/c1-4-10-16(11-5-1)19(17-12-6-2-7-13-17)21-22-20(23-24-21)18-14-8-3-9-15-18/h1-15H. The number of nitrogens with zero attached hydrogens (tertiary/aromatic N) is 3. The molecule has 0 bridgehead atoms. The van der Waals surface area contributed by atoms with Gasteiger partial charge in [0, 0.05) is 11.1 Å². The third-order valence-electron chi connectivity index (χ3n) is 3.83. The smallest absolute Gasteiger partial charge is 0.185 e. The second kappa shape index (κ2) is 6.42. The average molecular weight is 309 g/mol. The average Bonchev–Trinajstić information content (AvgIpc) is 3.14. The van der Waals surface area contributed by atoms with Gasteiger partial charge in [0.1, 0.15) is 0 Å². The Hall–Kier alpha value is -3.33. The van der Waals surface area contributed by atoms with Crippen LogP contribution in [0.2, 0.25) is 0 Å². The zero-order valence-electron chi connectivity index (χ0n) is 13.0. The van der Waals surface area contributed by atoms with Crippen molar-refractivity contribution in [3.8, 4) is 0 Å². The minimum atomic E-state index is 0.645. The lowest BCUT2D eigenvalue weighted by Gasteiger charge is -2.08. The van der Waals surface area contributed by atoms with E-state index in [4.69, 9.17) is 0 Å². The van der Waals surface area contributed by atoms with Crippen LogP contribution in [0.3, 0.4) is 0 Å². The lowest BCUT2D eigenvalue weighted by Crippen LogP contribution is -1.93. The van der Waals surface area contributed by atoms with Gasteiger partial charge in [-0.25, -0.2) is 4.99 Å². The molecular weight excluding hydrogens is 294 g/mol. The van der Waals surface area contributed by atoms with Crippen LogP contribution in [0.25, 0.3) is 5.57 Å². The van der Waals surface area contributed by atoms with Crippen molar-refractivity contribution >= 4 is 11.4 Å². The minimum Gasteiger partial charge on any atom is -0.204 e. The van der Waals surface area contributed by atoms with E-state index < -0.39 is 0 Å². The van der Waals surface area contributed by atoms with Gasteiger partial charge in [-0.2, -0.15) is 0 Å². The highest BCUT2D eigenvalue weighted by Crippen LogP contribution is 2.30. The summed E-state index contributed by atoms with van der Waals surface area (Å²) in [6.45, 7) is 0. The molecule has 1 heterocycles. The Morgan fingerprint density at radius 3 is 1.58 bits per heavy atom. The maximum absolute atomic E-state index is 4.67. The van der Waals surface area contributed by atoms with Gasteiger partial charge >= 0.3 is 0 Å². The van der Waals surface area contributed by atoms with Crippen LogP contribution in [0.5, 0.6) is 0 Å². The molecule has 24 heavy (non-hydrogen) atoms. The van der Waals surface area contributed by atoms with Crippen molar-refractivity contribution in [2.45, 2.75) is 0 Å². The molecule has 0 radical (unpaired) electrons. The molecule has 0 saturated carbocycles. The van der Waals surface area contributed by atoms with Crippen molar-refractivity contribution in [3.63, 3.8) is 0 Å². The Labute approximate surface area is 140 Å². The molecule has 1 aliphatic rings. The molecule has 0 N–H and O–H groups in total. The molecule has 114 valence electrons. The summed E-state index contributed by atoms with van der Waals surface area (Å²) in [7, 11) is 0. The monoisotopic (exact) mass is 309 g/mol. The number of hydrogen-bond acceptors (Lipinski definition) is 3. The predicted molar refractivity (Wildman–Crippen MR) is 96.7 cm³/mol. The van der Waals surface area contributed by atoms with Crippen molar-refractivity contribution in [2.75, 3.05) is 0 Å². The van der Waals surface area contributed by atoms with E-state index in [1.807, 2.05) is 66.7 Å². The summed E-state index contributed by atoms with van der Waals surface area (Å²) in [4.78, 5) is 4.67. The van der Waals surface area contributed by atoms with Crippen LogP contribution in [0, 0.1) is 0 Å². The topological polar surface area (TPSA) is 37.1 Å². The van der Waals surface area contributed by atoms with Crippen LogP contribution in [-0.2, 0) is 0 Å². The highest BCUT2D eigenvalue weighted by Gasteiger charge is 2.17. The van der Waals surface area contributed by atoms with E-state index in [1.165, 1.54) is 0 Å². The van der Waals surface area contributed by atoms with E-state index in [2.05, 4.69) is 39.5 Å². The van der Waals surface area contributed by atoms with Crippen LogP contribution < -0.4 is 0 Å². The molecule has 0 unspecified atom stereocenters. The quantitative estimate of drug-likeness (QED) is 0.628. The molecule has 3 heteroatoms. The molecule has 0 aromatic heterocycles. The molecule has 0 spiro atoms. The Bertz CT molecular complexity index is 883. The van der Waals surface area contributed by atoms with Gasteiger partial charge in [-0.3, -0.25) is 0 Å². The summed E-state index contributed by atoms with van der Waals surface area (Å²) >= 11 is 0. The highest BCUT2D eigenvalue weighted by molar-refractivity contribution is 6.01. The second-order valence-electron chi connectivity index (χ2n) is 5.43. The third-order valence-corrected chi connectivity index (χ3v) is 3.83. The number of azo groups is 1. The summed E-state index contributed by atoms with van der Waals surface area (Å²) in [5.41, 5.74) is 4.12. The van der Waals surface area contributed by atoms with Gasteiger partial charge in [0.05, 0.1) is 0 Å². The molecule has 0 atom stereocenters. The molecule has 3 aromatic carbocycles. The number of amidine groups is 1. The fraction of sp³-hybridized carbons (Fsp3) is 0. The van der Waals surface area contributed by atoms with Crippen LogP contribution >= 0.6 is 0 Å². The Morgan fingerprint density at radius 2 is 1.04 bits per heavy atom. The molecule has 0 fully saturated rings. The number of benzene rings is 3. The van der Waals surface area contributed by atoms with Crippen molar-refractivity contribution < 1.29 is 0 Å². The van der Waals surface area contributed by atoms with E-state index in [0.29, 0.717) is 11.7 Å². The summed E-state index contributed by atoms with van der Waals surface area (Å²) in [6, 6.07) is 30.3. The molecule has 0 amide bonds. The zero-order chi connectivity index (χ0) is 16.2. The van der Waals surface area contributed by atoms with E-state index in [9.17, 15) is 0 Å². The van der Waals surface area contributed by atoms with E-state index in [0.717, 1.165) is 22.3 Å². The Kier molecular flexibility index (Phi) is 3.82. The van der Waals surface area contributed by atoms with Crippen molar-refractivity contribution in [2.24, 2.45) is 15.2 Å². The maximum atomic E-state index is 4.67. The van der Waals surface area contributed by atoms with Crippen LogP contribution in [-0.4, -0.2) is 5.84 Å². The van der Waals surface area contributed by atoms with Gasteiger partial charge in [-0.1, -0.05) is 91.0 Å². The third kappa shape index (κ3) is 2.79. The summed E-state index contributed by atoms with van der Waals surface area (Å²) < 4.78 is 0. The summed E-state index contributed by atoms with van der Waals surface area (Å²) in [5.74, 6) is 1.29. The summed E-state index contributed by atoms with van der Waals surface area (Å²) in [6.07, 6.45) is 0. The van der Waals surface area contributed by atoms with Crippen molar-refractivity contribution in [3.05, 3.63) is 114 Å². The molecule has 4 rings (SSSR count). The molecule has 0 saturated heterocycles. The first kappa shape index (κ1) is 14.3. The second-order valence-corrected chi connectivity index (χ2v) is 5.43. The first-order valence-corrected chi connectivity index (χ1v) is 7.83. The molecule has 3 nitrogen and oxygen atoms in total. The fourth-order valence-electron chi connectivity index (χ4n) is 2.69. The number of hydrogen-bond donors (Lipinski definition) is 0. The lowest BCUT2D eigenvalue weighted by molar-refractivity contribution is 1.20. The lowest BCUT2D eigenvalue weighted by atomic mass is 9.98. The van der Waals surface area contributed by atoms with E-state index in [1.54, 1.807) is 0 Å². The van der Waals surface area contributed by atoms with Gasteiger partial charge in [-0.05, 0) is 11.1 Å². The first-order valence-electron chi connectivity index (χ1n) is 7.83. The van der Waals surface area contributed by atoms with Gasteiger partial charge in [0.2, 0.25) is 0 Å². The summed E-state index contributed by atoms with van der Waals surface area (Å²) in [5, 5.41) is 8.62. The zero-order valence-corrected chi connectivity index (χ0v) is 13.0. The molecule has 3 aromatic rings. The fourth-order valence-corrected chi connectivity index (χ4v) is 2.69.